The molecule has 0 bridgehead atoms. The molecule has 0 aromatic carbocycles. The maximum atomic E-state index is 10.9. The topological polar surface area (TPSA) is 90.2 Å². The van der Waals surface area contributed by atoms with Crippen molar-refractivity contribution in [3.63, 3.8) is 0 Å². The number of aromatic nitrogens is 2. The Balaban J connectivity index is 2.10. The van der Waals surface area contributed by atoms with Crippen LogP contribution >= 0.6 is 11.6 Å². The second-order valence-corrected chi connectivity index (χ2v) is 5.24. The quantitative estimate of drug-likeness (QED) is 0.519. The number of hydrogen-bond donors (Lipinski definition) is 1. The number of ether oxygens (including phenoxy) is 1. The minimum absolute atomic E-state index is 0.00905. The van der Waals surface area contributed by atoms with Crippen molar-refractivity contribution in [2.75, 3.05) is 25.1 Å². The third kappa shape index (κ3) is 3.51. The average Bonchev–Trinajstić information content (AvgIpc) is 2.37. The maximum absolute atomic E-state index is 10.9. The van der Waals surface area contributed by atoms with Crippen molar-refractivity contribution >= 4 is 23.1 Å². The summed E-state index contributed by atoms with van der Waals surface area (Å²) >= 11 is 5.67. The number of nitrogens with one attached hydrogen (secondary N) is 1. The Bertz CT molecular complexity index is 477. The Labute approximate surface area is 115 Å². The van der Waals surface area contributed by atoms with E-state index in [2.05, 4.69) is 22.2 Å². The van der Waals surface area contributed by atoms with Gasteiger partial charge in [0.25, 0.3) is 0 Å². The van der Waals surface area contributed by atoms with Crippen LogP contribution in [0.2, 0.25) is 5.28 Å². The minimum Gasteiger partial charge on any atom is -0.381 e. The molecule has 0 spiro atoms. The Morgan fingerprint density at radius 1 is 1.58 bits per heavy atom. The molecule has 1 fully saturated rings. The average molecular weight is 287 g/mol. The van der Waals surface area contributed by atoms with Gasteiger partial charge < -0.3 is 10.1 Å². The number of rotatable bonds is 4. The fraction of sp³-hybridized carbons (Fsp3) is 0.636. The van der Waals surface area contributed by atoms with Gasteiger partial charge in [0.15, 0.2) is 0 Å². The van der Waals surface area contributed by atoms with Gasteiger partial charge in [0, 0.05) is 19.8 Å². The first kappa shape index (κ1) is 14.0. The van der Waals surface area contributed by atoms with Crippen LogP contribution in [-0.2, 0) is 4.74 Å². The van der Waals surface area contributed by atoms with Crippen LogP contribution in [0.1, 0.15) is 19.8 Å². The zero-order chi connectivity index (χ0) is 13.9. The van der Waals surface area contributed by atoms with Crippen LogP contribution in [0.25, 0.3) is 0 Å². The molecule has 8 heteroatoms. The Hall–Kier alpha value is -1.47. The predicted octanol–water partition coefficient (Wildman–Crippen LogP) is 2.27. The third-order valence-corrected chi connectivity index (χ3v) is 3.50. The molecule has 0 radical (unpaired) electrons. The highest BCUT2D eigenvalue weighted by Gasteiger charge is 2.28. The van der Waals surface area contributed by atoms with Crippen LogP contribution in [0.3, 0.4) is 0 Å². The van der Waals surface area contributed by atoms with Crippen molar-refractivity contribution in [2.45, 2.75) is 19.8 Å². The number of halogens is 1. The van der Waals surface area contributed by atoms with Crippen LogP contribution in [0, 0.1) is 15.5 Å². The minimum atomic E-state index is -0.523. The first-order valence-electron chi connectivity index (χ1n) is 5.99. The van der Waals surface area contributed by atoms with Gasteiger partial charge in [-0.3, -0.25) is 10.1 Å². The molecular formula is C11H15ClN4O3. The second kappa shape index (κ2) is 5.66. The Kier molecular flexibility index (Phi) is 4.16. The summed E-state index contributed by atoms with van der Waals surface area (Å²) in [5.74, 6) is 0.165. The Morgan fingerprint density at radius 3 is 2.89 bits per heavy atom. The summed E-state index contributed by atoms with van der Waals surface area (Å²) in [6.07, 6.45) is 2.93. The fourth-order valence-electron chi connectivity index (χ4n) is 1.96. The molecule has 0 unspecified atom stereocenters. The molecule has 104 valence electrons. The van der Waals surface area contributed by atoms with Crippen molar-refractivity contribution in [2.24, 2.45) is 5.41 Å². The van der Waals surface area contributed by atoms with Crippen molar-refractivity contribution < 1.29 is 9.66 Å². The Morgan fingerprint density at radius 2 is 2.26 bits per heavy atom. The first-order chi connectivity index (χ1) is 9.00. The van der Waals surface area contributed by atoms with Crippen LogP contribution < -0.4 is 5.32 Å². The first-order valence-corrected chi connectivity index (χ1v) is 6.36. The van der Waals surface area contributed by atoms with Crippen molar-refractivity contribution in [3.05, 3.63) is 21.6 Å². The van der Waals surface area contributed by atoms with E-state index in [1.165, 1.54) is 0 Å². The molecule has 1 saturated heterocycles. The molecule has 19 heavy (non-hydrogen) atoms. The van der Waals surface area contributed by atoms with E-state index in [4.69, 9.17) is 16.3 Å². The molecule has 0 atom stereocenters. The molecular weight excluding hydrogens is 272 g/mol. The second-order valence-electron chi connectivity index (χ2n) is 4.91. The van der Waals surface area contributed by atoms with Gasteiger partial charge in [0.2, 0.25) is 11.1 Å². The molecule has 0 aliphatic carbocycles. The van der Waals surface area contributed by atoms with Gasteiger partial charge in [-0.1, -0.05) is 6.92 Å². The van der Waals surface area contributed by atoms with E-state index in [1.807, 2.05) is 0 Å². The number of anilines is 1. The van der Waals surface area contributed by atoms with E-state index in [0.717, 1.165) is 19.0 Å². The van der Waals surface area contributed by atoms with Crippen LogP contribution in [0.4, 0.5) is 11.5 Å². The lowest BCUT2D eigenvalue weighted by Gasteiger charge is -2.33. The normalized spacial score (nSPS) is 18.0. The monoisotopic (exact) mass is 286 g/mol. The van der Waals surface area contributed by atoms with E-state index < -0.39 is 4.92 Å². The van der Waals surface area contributed by atoms with Gasteiger partial charge in [-0.05, 0) is 29.9 Å². The highest BCUT2D eigenvalue weighted by Crippen LogP contribution is 2.31. The smallest absolute Gasteiger partial charge is 0.329 e. The largest absolute Gasteiger partial charge is 0.381 e. The fourth-order valence-corrected chi connectivity index (χ4v) is 2.09. The summed E-state index contributed by atoms with van der Waals surface area (Å²) in [7, 11) is 0. The van der Waals surface area contributed by atoms with Crippen LogP contribution in [-0.4, -0.2) is 34.6 Å². The molecule has 1 aliphatic rings. The van der Waals surface area contributed by atoms with E-state index in [1.54, 1.807) is 0 Å². The molecule has 1 aliphatic heterocycles. The zero-order valence-electron chi connectivity index (χ0n) is 10.6. The predicted molar refractivity (Wildman–Crippen MR) is 70.3 cm³/mol. The lowest BCUT2D eigenvalue weighted by atomic mass is 9.82. The lowest BCUT2D eigenvalue weighted by molar-refractivity contribution is -0.384. The van der Waals surface area contributed by atoms with Gasteiger partial charge >= 0.3 is 5.69 Å². The molecule has 0 amide bonds. The van der Waals surface area contributed by atoms with Gasteiger partial charge in [-0.15, -0.1) is 0 Å². The van der Waals surface area contributed by atoms with E-state index in [0.29, 0.717) is 19.8 Å². The summed E-state index contributed by atoms with van der Waals surface area (Å²) in [4.78, 5) is 17.9. The number of nitrogens with zero attached hydrogens (tertiary/aromatic N) is 3. The summed E-state index contributed by atoms with van der Waals surface area (Å²) in [5, 5.41) is 13.9. The zero-order valence-corrected chi connectivity index (χ0v) is 11.3. The lowest BCUT2D eigenvalue weighted by Crippen LogP contribution is -2.33. The van der Waals surface area contributed by atoms with Gasteiger partial charge in [-0.25, -0.2) is 4.98 Å². The summed E-state index contributed by atoms with van der Waals surface area (Å²) in [5.41, 5.74) is -0.121. The van der Waals surface area contributed by atoms with Crippen molar-refractivity contribution in [3.8, 4) is 0 Å². The third-order valence-electron chi connectivity index (χ3n) is 3.32. The molecule has 1 aromatic heterocycles. The van der Waals surface area contributed by atoms with Crippen LogP contribution in [0.15, 0.2) is 6.20 Å². The van der Waals surface area contributed by atoms with E-state index >= 15 is 0 Å². The number of hydrogen-bond acceptors (Lipinski definition) is 6. The highest BCUT2D eigenvalue weighted by molar-refractivity contribution is 6.28. The number of nitro groups is 1. The summed E-state index contributed by atoms with van der Waals surface area (Å²) in [6, 6.07) is 0. The molecule has 1 aromatic rings. The van der Waals surface area contributed by atoms with Gasteiger partial charge in [0.1, 0.15) is 6.20 Å². The molecule has 0 saturated carbocycles. The van der Waals surface area contributed by atoms with Gasteiger partial charge in [0.05, 0.1) is 4.92 Å². The van der Waals surface area contributed by atoms with Gasteiger partial charge in [-0.2, -0.15) is 4.98 Å². The van der Waals surface area contributed by atoms with Crippen LogP contribution in [0.5, 0.6) is 0 Å². The van der Waals surface area contributed by atoms with E-state index in [-0.39, 0.29) is 22.2 Å². The standard InChI is InChI=1S/C11H15ClN4O3/c1-11(2-4-19-5-3-11)7-14-9-8(16(17)18)6-13-10(12)15-9/h6H,2-5,7H2,1H3,(H,13,14,15). The van der Waals surface area contributed by atoms with Crippen molar-refractivity contribution in [1.29, 1.82) is 0 Å². The maximum Gasteiger partial charge on any atom is 0.329 e. The molecule has 1 N–H and O–H groups in total. The highest BCUT2D eigenvalue weighted by atomic mass is 35.5. The van der Waals surface area contributed by atoms with E-state index in [9.17, 15) is 10.1 Å². The SMILES string of the molecule is CC1(CNc2nc(Cl)ncc2[N+](=O)[O-])CCOCC1. The van der Waals surface area contributed by atoms with Crippen molar-refractivity contribution in [1.82, 2.24) is 9.97 Å². The summed E-state index contributed by atoms with van der Waals surface area (Å²) in [6.45, 7) is 4.14. The molecule has 2 heterocycles. The molecule has 2 rings (SSSR count). The summed E-state index contributed by atoms with van der Waals surface area (Å²) < 4.78 is 5.32. The molecule has 7 nitrogen and oxygen atoms in total.